The normalized spacial score (nSPS) is 15.8. The minimum atomic E-state index is -0.113. The van der Waals surface area contributed by atoms with E-state index in [1.807, 2.05) is 4.90 Å². The van der Waals surface area contributed by atoms with E-state index in [-0.39, 0.29) is 11.9 Å². The summed E-state index contributed by atoms with van der Waals surface area (Å²) in [4.78, 5) is 22.5. The summed E-state index contributed by atoms with van der Waals surface area (Å²) in [6.07, 6.45) is 5.25. The maximum Gasteiger partial charge on any atom is 0.274 e. The number of carbonyl (C=O) groups is 1. The van der Waals surface area contributed by atoms with Crippen molar-refractivity contribution < 1.29 is 9.53 Å². The van der Waals surface area contributed by atoms with Gasteiger partial charge in [0, 0.05) is 19.7 Å². The highest BCUT2D eigenvalue weighted by Gasteiger charge is 2.34. The molecule has 0 bridgehead atoms. The van der Waals surface area contributed by atoms with Crippen LogP contribution in [0.5, 0.6) is 0 Å². The van der Waals surface area contributed by atoms with Gasteiger partial charge in [-0.05, 0) is 25.7 Å². The van der Waals surface area contributed by atoms with E-state index in [1.165, 1.54) is 25.2 Å². The fourth-order valence-electron chi connectivity index (χ4n) is 2.17. The second-order valence-electron chi connectivity index (χ2n) is 5.00. The first kappa shape index (κ1) is 14.7. The molecule has 0 saturated heterocycles. The lowest BCUT2D eigenvalue weighted by molar-refractivity contribution is 0.0588. The molecule has 1 aromatic heterocycles. The molecular formula is C13H21N5O2. The summed E-state index contributed by atoms with van der Waals surface area (Å²) in [7, 11) is 1.63. The van der Waals surface area contributed by atoms with Gasteiger partial charge >= 0.3 is 0 Å². The van der Waals surface area contributed by atoms with Crippen molar-refractivity contribution in [3.05, 3.63) is 18.1 Å². The van der Waals surface area contributed by atoms with Crippen LogP contribution in [0.15, 0.2) is 12.4 Å². The molecule has 1 aliphatic rings. The van der Waals surface area contributed by atoms with Crippen LogP contribution in [0.4, 0.5) is 5.82 Å². The minimum absolute atomic E-state index is 0.113. The van der Waals surface area contributed by atoms with Crippen molar-refractivity contribution in [1.29, 1.82) is 0 Å². The summed E-state index contributed by atoms with van der Waals surface area (Å²) in [5.74, 6) is 6.14. The molecule has 7 heteroatoms. The molecule has 2 rings (SSSR count). The third kappa shape index (κ3) is 3.43. The second-order valence-corrected chi connectivity index (χ2v) is 5.00. The Balaban J connectivity index is 2.10. The number of nitrogens with zero attached hydrogens (tertiary/aromatic N) is 3. The molecule has 1 aliphatic carbocycles. The van der Waals surface area contributed by atoms with Crippen molar-refractivity contribution in [2.24, 2.45) is 11.8 Å². The molecule has 0 aliphatic heterocycles. The fourth-order valence-corrected chi connectivity index (χ4v) is 2.17. The summed E-state index contributed by atoms with van der Waals surface area (Å²) < 4.78 is 5.09. The lowest BCUT2D eigenvalue weighted by Crippen LogP contribution is -2.42. The highest BCUT2D eigenvalue weighted by atomic mass is 16.5. The fraction of sp³-hybridized carbons (Fsp3) is 0.615. The van der Waals surface area contributed by atoms with Crippen LogP contribution < -0.4 is 11.3 Å². The molecule has 0 spiro atoms. The van der Waals surface area contributed by atoms with E-state index in [1.54, 1.807) is 7.11 Å². The molecule has 0 radical (unpaired) electrons. The van der Waals surface area contributed by atoms with Crippen molar-refractivity contribution in [1.82, 2.24) is 14.9 Å². The third-order valence-electron chi connectivity index (χ3n) is 3.61. The predicted molar refractivity (Wildman–Crippen MR) is 74.9 cm³/mol. The van der Waals surface area contributed by atoms with Crippen LogP contribution in [-0.2, 0) is 4.74 Å². The van der Waals surface area contributed by atoms with Crippen molar-refractivity contribution in [2.45, 2.75) is 25.8 Å². The average Bonchev–Trinajstić information content (AvgIpc) is 3.32. The monoisotopic (exact) mass is 279 g/mol. The van der Waals surface area contributed by atoms with E-state index in [0.717, 1.165) is 0 Å². The molecule has 1 heterocycles. The molecule has 20 heavy (non-hydrogen) atoms. The lowest BCUT2D eigenvalue weighted by atomic mass is 10.1. The number of hydrogen-bond donors (Lipinski definition) is 2. The predicted octanol–water partition coefficient (Wildman–Crippen LogP) is 0.649. The van der Waals surface area contributed by atoms with E-state index < -0.39 is 0 Å². The molecule has 1 fully saturated rings. The SMILES string of the molecule is COCCN(C(=O)c1cnc(NN)cn1)C(C)C1CC1. The van der Waals surface area contributed by atoms with Gasteiger partial charge in [-0.3, -0.25) is 4.79 Å². The van der Waals surface area contributed by atoms with E-state index in [9.17, 15) is 4.79 Å². The molecule has 3 N–H and O–H groups in total. The Labute approximate surface area is 118 Å². The zero-order valence-corrected chi connectivity index (χ0v) is 11.9. The molecular weight excluding hydrogens is 258 g/mol. The Morgan fingerprint density at radius 2 is 2.30 bits per heavy atom. The van der Waals surface area contributed by atoms with Crippen LogP contribution in [0.3, 0.4) is 0 Å². The number of rotatable bonds is 7. The summed E-state index contributed by atoms with van der Waals surface area (Å²) in [5, 5.41) is 0. The van der Waals surface area contributed by atoms with Crippen LogP contribution >= 0.6 is 0 Å². The van der Waals surface area contributed by atoms with Crippen LogP contribution in [0.1, 0.15) is 30.3 Å². The Morgan fingerprint density at radius 1 is 1.55 bits per heavy atom. The van der Waals surface area contributed by atoms with Gasteiger partial charge in [-0.2, -0.15) is 0 Å². The molecule has 1 amide bonds. The molecule has 1 atom stereocenters. The number of nitrogen functional groups attached to an aromatic ring is 1. The van der Waals surface area contributed by atoms with Gasteiger partial charge in [0.2, 0.25) is 0 Å². The molecule has 7 nitrogen and oxygen atoms in total. The molecule has 1 saturated carbocycles. The first-order valence-corrected chi connectivity index (χ1v) is 6.76. The maximum atomic E-state index is 12.5. The summed E-state index contributed by atoms with van der Waals surface area (Å²) in [6, 6.07) is 0.201. The van der Waals surface area contributed by atoms with Crippen LogP contribution in [0.2, 0.25) is 0 Å². The van der Waals surface area contributed by atoms with E-state index in [0.29, 0.717) is 30.6 Å². The number of ether oxygens (including phenoxy) is 1. The summed E-state index contributed by atoms with van der Waals surface area (Å²) in [5.41, 5.74) is 2.72. The Hall–Kier alpha value is -1.73. The Bertz CT molecular complexity index is 447. The quantitative estimate of drug-likeness (QED) is 0.562. The van der Waals surface area contributed by atoms with Gasteiger partial charge < -0.3 is 15.1 Å². The largest absolute Gasteiger partial charge is 0.383 e. The van der Waals surface area contributed by atoms with Crippen molar-refractivity contribution in [3.63, 3.8) is 0 Å². The second kappa shape index (κ2) is 6.62. The highest BCUT2D eigenvalue weighted by Crippen LogP contribution is 2.35. The standard InChI is InChI=1S/C13H21N5O2/c1-9(10-3-4-10)18(5-6-20-2)13(19)11-7-16-12(17-14)8-15-11/h7-10H,3-6,14H2,1-2H3,(H,16,17). The number of methoxy groups -OCH3 is 1. The van der Waals surface area contributed by atoms with E-state index in [4.69, 9.17) is 10.6 Å². The zero-order chi connectivity index (χ0) is 14.5. The van der Waals surface area contributed by atoms with Crippen molar-refractivity contribution >= 4 is 11.7 Å². The lowest BCUT2D eigenvalue weighted by Gasteiger charge is -2.28. The van der Waals surface area contributed by atoms with E-state index in [2.05, 4.69) is 22.3 Å². The zero-order valence-electron chi connectivity index (χ0n) is 11.9. The molecule has 110 valence electrons. The Kier molecular flexibility index (Phi) is 4.86. The number of hydrogen-bond acceptors (Lipinski definition) is 6. The van der Waals surface area contributed by atoms with Gasteiger partial charge in [-0.25, -0.2) is 15.8 Å². The van der Waals surface area contributed by atoms with Gasteiger partial charge in [-0.1, -0.05) is 0 Å². The van der Waals surface area contributed by atoms with Gasteiger partial charge in [0.25, 0.3) is 5.91 Å². The molecule has 1 unspecified atom stereocenters. The number of nitrogens with two attached hydrogens (primary N) is 1. The third-order valence-corrected chi connectivity index (χ3v) is 3.61. The first-order chi connectivity index (χ1) is 9.67. The number of amides is 1. The highest BCUT2D eigenvalue weighted by molar-refractivity contribution is 5.92. The molecule has 0 aromatic carbocycles. The van der Waals surface area contributed by atoms with Crippen LogP contribution in [0.25, 0.3) is 0 Å². The number of carbonyl (C=O) groups excluding carboxylic acids is 1. The van der Waals surface area contributed by atoms with Crippen LogP contribution in [0, 0.1) is 5.92 Å². The van der Waals surface area contributed by atoms with E-state index >= 15 is 0 Å². The first-order valence-electron chi connectivity index (χ1n) is 6.76. The van der Waals surface area contributed by atoms with Gasteiger partial charge in [0.15, 0.2) is 5.82 Å². The Morgan fingerprint density at radius 3 is 2.80 bits per heavy atom. The minimum Gasteiger partial charge on any atom is -0.383 e. The van der Waals surface area contributed by atoms with Gasteiger partial charge in [0.05, 0.1) is 19.0 Å². The van der Waals surface area contributed by atoms with Gasteiger partial charge in [-0.15, -0.1) is 0 Å². The smallest absolute Gasteiger partial charge is 0.274 e. The number of anilines is 1. The van der Waals surface area contributed by atoms with Crippen molar-refractivity contribution in [2.75, 3.05) is 25.7 Å². The number of hydrazine groups is 1. The van der Waals surface area contributed by atoms with Crippen molar-refractivity contribution in [3.8, 4) is 0 Å². The molecule has 1 aromatic rings. The maximum absolute atomic E-state index is 12.5. The number of aromatic nitrogens is 2. The van der Waals surface area contributed by atoms with Crippen LogP contribution in [-0.4, -0.2) is 47.1 Å². The average molecular weight is 279 g/mol. The summed E-state index contributed by atoms with van der Waals surface area (Å²) in [6.45, 7) is 3.15. The summed E-state index contributed by atoms with van der Waals surface area (Å²) >= 11 is 0. The van der Waals surface area contributed by atoms with Gasteiger partial charge in [0.1, 0.15) is 5.69 Å². The number of nitrogens with one attached hydrogen (secondary N) is 1. The topological polar surface area (TPSA) is 93.4 Å².